The smallest absolute Gasteiger partial charge is 0.266 e. The Labute approximate surface area is 227 Å². The maximum absolute atomic E-state index is 12.5. The molecule has 2 heterocycles. The molecule has 0 N–H and O–H groups in total. The highest BCUT2D eigenvalue weighted by molar-refractivity contribution is 7.86. The van der Waals surface area contributed by atoms with Gasteiger partial charge in [0, 0.05) is 12.6 Å². The van der Waals surface area contributed by atoms with Crippen molar-refractivity contribution in [3.8, 4) is 0 Å². The van der Waals surface area contributed by atoms with Gasteiger partial charge in [0.25, 0.3) is 10.1 Å². The molecule has 0 aliphatic heterocycles. The van der Waals surface area contributed by atoms with E-state index in [-0.39, 0.29) is 17.5 Å². The number of benzene rings is 3. The lowest BCUT2D eigenvalue weighted by Crippen LogP contribution is -2.13. The third kappa shape index (κ3) is 5.55. The summed E-state index contributed by atoms with van der Waals surface area (Å²) >= 11 is 1.66. The molecule has 0 bridgehead atoms. The molecule has 0 amide bonds. The molecule has 1 atom stereocenters. The van der Waals surface area contributed by atoms with E-state index in [9.17, 15) is 8.42 Å². The van der Waals surface area contributed by atoms with E-state index >= 15 is 0 Å². The van der Waals surface area contributed by atoms with Gasteiger partial charge in [-0.05, 0) is 73.7 Å². The van der Waals surface area contributed by atoms with Crippen LogP contribution in [-0.2, 0) is 27.1 Å². The third-order valence-corrected chi connectivity index (χ3v) is 9.08. The van der Waals surface area contributed by atoms with Crippen LogP contribution in [0, 0.1) is 20.8 Å². The van der Waals surface area contributed by atoms with Gasteiger partial charge >= 0.3 is 0 Å². The molecule has 5 aromatic rings. The maximum atomic E-state index is 12.5. The van der Waals surface area contributed by atoms with Crippen molar-refractivity contribution in [2.24, 2.45) is 0 Å². The standard InChI is InChI=1S/C29H30N4O3S2/c1-5-22-9-13-26-27(17-22)37-29(30-26)28(23-10-8-20(3)21(4)16-23)33-18-24(31-32-33)14-15-36-38(34,35)25-11-6-19(2)7-12-25/h6-13,16-18,28H,5,14-15H2,1-4H3. The summed E-state index contributed by atoms with van der Waals surface area (Å²) in [4.78, 5) is 5.10. The molecule has 0 spiro atoms. The minimum atomic E-state index is -3.84. The van der Waals surface area contributed by atoms with Crippen molar-refractivity contribution in [1.29, 1.82) is 0 Å². The molecular formula is C29H30N4O3S2. The van der Waals surface area contributed by atoms with Gasteiger partial charge in [0.05, 0.1) is 27.4 Å². The monoisotopic (exact) mass is 546 g/mol. The predicted molar refractivity (Wildman–Crippen MR) is 150 cm³/mol. The van der Waals surface area contributed by atoms with Gasteiger partial charge in [0.1, 0.15) is 11.0 Å². The van der Waals surface area contributed by atoms with Gasteiger partial charge < -0.3 is 0 Å². The van der Waals surface area contributed by atoms with Gasteiger partial charge in [0.15, 0.2) is 0 Å². The fourth-order valence-corrected chi connectivity index (χ4v) is 6.31. The molecule has 0 saturated carbocycles. The van der Waals surface area contributed by atoms with Gasteiger partial charge in [0.2, 0.25) is 0 Å². The van der Waals surface area contributed by atoms with Crippen LogP contribution in [0.25, 0.3) is 10.2 Å². The average Bonchev–Trinajstić information content (AvgIpc) is 3.53. The SMILES string of the molecule is CCc1ccc2nc(C(c3ccc(C)c(C)c3)n3cc(CCOS(=O)(=O)c4ccc(C)cc4)nn3)sc2c1. The van der Waals surface area contributed by atoms with Crippen molar-refractivity contribution in [1.82, 2.24) is 20.0 Å². The van der Waals surface area contributed by atoms with Crippen LogP contribution in [-0.4, -0.2) is 35.0 Å². The van der Waals surface area contributed by atoms with Gasteiger partial charge in [-0.1, -0.05) is 54.1 Å². The zero-order valence-electron chi connectivity index (χ0n) is 21.9. The van der Waals surface area contributed by atoms with E-state index < -0.39 is 10.1 Å². The highest BCUT2D eigenvalue weighted by atomic mass is 32.2. The lowest BCUT2D eigenvalue weighted by atomic mass is 10.0. The van der Waals surface area contributed by atoms with E-state index in [1.54, 1.807) is 35.6 Å². The molecule has 9 heteroatoms. The summed E-state index contributed by atoms with van der Waals surface area (Å²) in [5.74, 6) is 0. The molecule has 0 fully saturated rings. The van der Waals surface area contributed by atoms with Crippen LogP contribution in [0.5, 0.6) is 0 Å². The lowest BCUT2D eigenvalue weighted by molar-refractivity contribution is 0.321. The fraction of sp³-hybridized carbons (Fsp3) is 0.276. The summed E-state index contributed by atoms with van der Waals surface area (Å²) < 4.78 is 33.3. The molecule has 5 rings (SSSR count). The zero-order valence-corrected chi connectivity index (χ0v) is 23.5. The van der Waals surface area contributed by atoms with E-state index in [0.29, 0.717) is 12.1 Å². The van der Waals surface area contributed by atoms with Crippen molar-refractivity contribution in [2.45, 2.75) is 51.5 Å². The summed E-state index contributed by atoms with van der Waals surface area (Å²) in [5, 5.41) is 9.69. The van der Waals surface area contributed by atoms with Crippen LogP contribution >= 0.6 is 11.3 Å². The Kier molecular flexibility index (Phi) is 7.43. The molecule has 0 aliphatic carbocycles. The number of hydrogen-bond donors (Lipinski definition) is 0. The predicted octanol–water partition coefficient (Wildman–Crippen LogP) is 5.96. The van der Waals surface area contributed by atoms with E-state index in [0.717, 1.165) is 32.8 Å². The molecule has 2 aromatic heterocycles. The number of aromatic nitrogens is 4. The van der Waals surface area contributed by atoms with Crippen LogP contribution in [0.1, 0.15) is 51.5 Å². The summed E-state index contributed by atoms with van der Waals surface area (Å²) in [5.41, 5.74) is 7.35. The number of aryl methyl sites for hydroxylation is 4. The minimum Gasteiger partial charge on any atom is -0.266 e. The van der Waals surface area contributed by atoms with Gasteiger partial charge in [-0.15, -0.1) is 16.4 Å². The van der Waals surface area contributed by atoms with Crippen LogP contribution < -0.4 is 0 Å². The highest BCUT2D eigenvalue weighted by Gasteiger charge is 2.23. The van der Waals surface area contributed by atoms with Gasteiger partial charge in [-0.2, -0.15) is 8.42 Å². The molecular weight excluding hydrogens is 516 g/mol. The Bertz CT molecular complexity index is 1690. The second-order valence-corrected chi connectivity index (χ2v) is 12.2. The first-order chi connectivity index (χ1) is 18.2. The van der Waals surface area contributed by atoms with E-state index in [2.05, 4.69) is 67.5 Å². The number of fused-ring (bicyclic) bond motifs is 1. The maximum Gasteiger partial charge on any atom is 0.296 e. The molecule has 3 aromatic carbocycles. The first-order valence-corrected chi connectivity index (χ1v) is 14.8. The van der Waals surface area contributed by atoms with Crippen molar-refractivity contribution < 1.29 is 12.6 Å². The second-order valence-electron chi connectivity index (χ2n) is 9.48. The highest BCUT2D eigenvalue weighted by Crippen LogP contribution is 2.34. The van der Waals surface area contributed by atoms with Crippen LogP contribution in [0.15, 0.2) is 71.8 Å². The van der Waals surface area contributed by atoms with Gasteiger partial charge in [-0.25, -0.2) is 9.67 Å². The van der Waals surface area contributed by atoms with Crippen molar-refractivity contribution in [3.63, 3.8) is 0 Å². The van der Waals surface area contributed by atoms with Crippen LogP contribution in [0.3, 0.4) is 0 Å². The van der Waals surface area contributed by atoms with Crippen molar-refractivity contribution in [2.75, 3.05) is 6.61 Å². The second kappa shape index (κ2) is 10.8. The number of hydrogen-bond acceptors (Lipinski definition) is 7. The third-order valence-electron chi connectivity index (χ3n) is 6.69. The fourth-order valence-electron chi connectivity index (χ4n) is 4.25. The van der Waals surface area contributed by atoms with Crippen LogP contribution in [0.2, 0.25) is 0 Å². The largest absolute Gasteiger partial charge is 0.296 e. The zero-order chi connectivity index (χ0) is 26.9. The van der Waals surface area contributed by atoms with Gasteiger partial charge in [-0.3, -0.25) is 4.18 Å². The molecule has 0 saturated heterocycles. The van der Waals surface area contributed by atoms with Crippen molar-refractivity contribution in [3.05, 3.63) is 105 Å². The van der Waals surface area contributed by atoms with E-state index in [1.165, 1.54) is 16.7 Å². The molecule has 7 nitrogen and oxygen atoms in total. The molecule has 0 radical (unpaired) electrons. The summed E-state index contributed by atoms with van der Waals surface area (Å²) in [6.45, 7) is 8.22. The Morgan fingerprint density at radius 3 is 2.50 bits per heavy atom. The summed E-state index contributed by atoms with van der Waals surface area (Å²) in [7, 11) is -3.84. The number of thiazole rings is 1. The summed E-state index contributed by atoms with van der Waals surface area (Å²) in [6, 6.07) is 19.1. The van der Waals surface area contributed by atoms with E-state index in [4.69, 9.17) is 9.17 Å². The Hall–Kier alpha value is -3.40. The quantitative estimate of drug-likeness (QED) is 0.212. The normalized spacial score (nSPS) is 12.7. The van der Waals surface area contributed by atoms with Crippen molar-refractivity contribution >= 4 is 31.7 Å². The Morgan fingerprint density at radius 2 is 1.76 bits per heavy atom. The molecule has 38 heavy (non-hydrogen) atoms. The molecule has 1 unspecified atom stereocenters. The Balaban J connectivity index is 1.41. The summed E-state index contributed by atoms with van der Waals surface area (Å²) in [6.07, 6.45) is 3.13. The van der Waals surface area contributed by atoms with Crippen LogP contribution in [0.4, 0.5) is 0 Å². The van der Waals surface area contributed by atoms with E-state index in [1.807, 2.05) is 17.8 Å². The first-order valence-electron chi connectivity index (χ1n) is 12.6. The minimum absolute atomic E-state index is 0.0237. The average molecular weight is 547 g/mol. The topological polar surface area (TPSA) is 87.0 Å². The molecule has 0 aliphatic rings. The lowest BCUT2D eigenvalue weighted by Gasteiger charge is -2.16. The number of rotatable bonds is 9. The number of nitrogens with zero attached hydrogens (tertiary/aromatic N) is 4. The Morgan fingerprint density at radius 1 is 0.974 bits per heavy atom. The first kappa shape index (κ1) is 26.2. The molecule has 196 valence electrons.